The van der Waals surface area contributed by atoms with Crippen LogP contribution < -0.4 is 10.6 Å². The van der Waals surface area contributed by atoms with Gasteiger partial charge in [0.25, 0.3) is 5.91 Å². The molecule has 3 aliphatic rings. The first-order chi connectivity index (χ1) is 14.1. The van der Waals surface area contributed by atoms with Crippen LogP contribution in [0.3, 0.4) is 0 Å². The quantitative estimate of drug-likeness (QED) is 0.834. The van der Waals surface area contributed by atoms with E-state index >= 15 is 0 Å². The SMILES string of the molecule is CN(C)C1CCC(Nc2ncc3cc4n(c3n2)C2(CCCCC2)CNC4=O)CC1. The molecule has 0 radical (unpaired) electrons. The molecule has 0 saturated heterocycles. The lowest BCUT2D eigenvalue weighted by Crippen LogP contribution is -2.52. The molecule has 2 aliphatic carbocycles. The predicted octanol–water partition coefficient (Wildman–Crippen LogP) is 3.12. The van der Waals surface area contributed by atoms with E-state index < -0.39 is 0 Å². The Morgan fingerprint density at radius 2 is 1.93 bits per heavy atom. The van der Waals surface area contributed by atoms with E-state index in [0.29, 0.717) is 24.6 Å². The van der Waals surface area contributed by atoms with Gasteiger partial charge in [-0.2, -0.15) is 4.98 Å². The first kappa shape index (κ1) is 18.9. The smallest absolute Gasteiger partial charge is 0.268 e. The molecule has 1 spiro atoms. The zero-order valence-corrected chi connectivity index (χ0v) is 17.6. The van der Waals surface area contributed by atoms with Gasteiger partial charge in [0, 0.05) is 30.2 Å². The van der Waals surface area contributed by atoms with Crippen LogP contribution in [-0.2, 0) is 5.54 Å². The van der Waals surface area contributed by atoms with E-state index in [4.69, 9.17) is 4.98 Å². The maximum Gasteiger partial charge on any atom is 0.268 e. The monoisotopic (exact) mass is 396 g/mol. The maximum absolute atomic E-state index is 12.6. The molecule has 3 heterocycles. The van der Waals surface area contributed by atoms with Crippen molar-refractivity contribution in [2.45, 2.75) is 75.4 Å². The predicted molar refractivity (Wildman–Crippen MR) is 114 cm³/mol. The van der Waals surface area contributed by atoms with Gasteiger partial charge in [-0.1, -0.05) is 19.3 Å². The molecule has 7 heteroatoms. The number of hydrogen-bond acceptors (Lipinski definition) is 5. The third kappa shape index (κ3) is 3.29. The Labute approximate surface area is 172 Å². The van der Waals surface area contributed by atoms with E-state index in [0.717, 1.165) is 42.4 Å². The van der Waals surface area contributed by atoms with Crippen molar-refractivity contribution in [2.75, 3.05) is 26.0 Å². The third-order valence-corrected chi connectivity index (χ3v) is 7.37. The highest BCUT2D eigenvalue weighted by molar-refractivity contribution is 5.99. The van der Waals surface area contributed by atoms with Gasteiger partial charge in [-0.25, -0.2) is 4.98 Å². The van der Waals surface area contributed by atoms with Gasteiger partial charge in [0.2, 0.25) is 5.95 Å². The van der Waals surface area contributed by atoms with Crippen molar-refractivity contribution in [3.05, 3.63) is 18.0 Å². The lowest BCUT2D eigenvalue weighted by molar-refractivity contribution is 0.0833. The molecule has 2 aromatic rings. The van der Waals surface area contributed by atoms with Crippen LogP contribution in [-0.4, -0.2) is 58.1 Å². The Hall–Kier alpha value is -2.15. The lowest BCUT2D eigenvalue weighted by Gasteiger charge is -2.42. The minimum atomic E-state index is -0.0291. The molecule has 0 unspecified atom stereocenters. The minimum absolute atomic E-state index is 0.00992. The summed E-state index contributed by atoms with van der Waals surface area (Å²) in [7, 11) is 4.34. The summed E-state index contributed by atoms with van der Waals surface area (Å²) in [6.07, 6.45) is 12.5. The van der Waals surface area contributed by atoms with Gasteiger partial charge >= 0.3 is 0 Å². The highest BCUT2D eigenvalue weighted by Crippen LogP contribution is 2.40. The first-order valence-corrected chi connectivity index (χ1v) is 11.2. The highest BCUT2D eigenvalue weighted by Gasteiger charge is 2.41. The molecule has 0 atom stereocenters. The summed E-state index contributed by atoms with van der Waals surface area (Å²) in [5.74, 6) is 0.708. The van der Waals surface area contributed by atoms with Crippen molar-refractivity contribution < 1.29 is 4.79 Å². The number of nitrogens with one attached hydrogen (secondary N) is 2. The average molecular weight is 397 g/mol. The topological polar surface area (TPSA) is 75.1 Å². The normalized spacial score (nSPS) is 26.5. The molecule has 2 fully saturated rings. The third-order valence-electron chi connectivity index (χ3n) is 7.37. The zero-order chi connectivity index (χ0) is 20.0. The van der Waals surface area contributed by atoms with E-state index in [9.17, 15) is 4.79 Å². The molecule has 156 valence electrons. The van der Waals surface area contributed by atoms with Crippen LogP contribution in [0.4, 0.5) is 5.95 Å². The summed E-state index contributed by atoms with van der Waals surface area (Å²) >= 11 is 0. The Kier molecular flexibility index (Phi) is 4.73. The van der Waals surface area contributed by atoms with E-state index in [2.05, 4.69) is 39.2 Å². The highest BCUT2D eigenvalue weighted by atomic mass is 16.2. The molecule has 0 aromatic carbocycles. The molecule has 5 rings (SSSR count). The Bertz CT molecular complexity index is 905. The number of hydrogen-bond donors (Lipinski definition) is 2. The molecule has 0 bridgehead atoms. The van der Waals surface area contributed by atoms with Crippen molar-refractivity contribution in [3.63, 3.8) is 0 Å². The van der Waals surface area contributed by atoms with Crippen LogP contribution in [0.15, 0.2) is 12.3 Å². The summed E-state index contributed by atoms with van der Waals surface area (Å²) in [6, 6.07) is 3.07. The molecule has 1 amide bonds. The first-order valence-electron chi connectivity index (χ1n) is 11.2. The fourth-order valence-corrected chi connectivity index (χ4v) is 5.65. The number of carbonyl (C=O) groups excluding carboxylic acids is 1. The molecule has 1 aliphatic heterocycles. The van der Waals surface area contributed by atoms with Crippen molar-refractivity contribution in [3.8, 4) is 0 Å². The lowest BCUT2D eigenvalue weighted by atomic mass is 9.80. The number of rotatable bonds is 3. The van der Waals surface area contributed by atoms with Gasteiger partial charge < -0.3 is 20.1 Å². The standard InChI is InChI=1S/C22H32N6O/c1-27(2)17-8-6-16(7-9-17)25-21-23-13-15-12-18-20(29)24-14-22(10-4-3-5-11-22)28(18)19(15)26-21/h12-13,16-17H,3-11,14H2,1-2H3,(H,24,29)(H,23,25,26). The molecular formula is C22H32N6O. The van der Waals surface area contributed by atoms with Gasteiger partial charge in [0.1, 0.15) is 11.3 Å². The fourth-order valence-electron chi connectivity index (χ4n) is 5.65. The summed E-state index contributed by atoms with van der Waals surface area (Å²) in [6.45, 7) is 0.712. The summed E-state index contributed by atoms with van der Waals surface area (Å²) < 4.78 is 2.25. The van der Waals surface area contributed by atoms with Crippen LogP contribution in [0, 0.1) is 0 Å². The second-order valence-corrected chi connectivity index (χ2v) is 9.42. The average Bonchev–Trinajstić information content (AvgIpc) is 3.13. The molecule has 2 aromatic heterocycles. The molecule has 29 heavy (non-hydrogen) atoms. The van der Waals surface area contributed by atoms with Crippen LogP contribution in [0.2, 0.25) is 0 Å². The van der Waals surface area contributed by atoms with Crippen LogP contribution in [0.5, 0.6) is 0 Å². The Morgan fingerprint density at radius 3 is 2.66 bits per heavy atom. The van der Waals surface area contributed by atoms with Gasteiger partial charge in [0.15, 0.2) is 0 Å². The van der Waals surface area contributed by atoms with Crippen LogP contribution in [0.25, 0.3) is 11.0 Å². The molecular weight excluding hydrogens is 364 g/mol. The second-order valence-electron chi connectivity index (χ2n) is 9.42. The summed E-state index contributed by atoms with van der Waals surface area (Å²) in [4.78, 5) is 24.4. The van der Waals surface area contributed by atoms with Crippen molar-refractivity contribution in [1.82, 2.24) is 24.8 Å². The maximum atomic E-state index is 12.6. The van der Waals surface area contributed by atoms with Gasteiger partial charge in [0.05, 0.1) is 5.54 Å². The largest absolute Gasteiger partial charge is 0.351 e. The Morgan fingerprint density at radius 1 is 1.17 bits per heavy atom. The summed E-state index contributed by atoms with van der Waals surface area (Å²) in [5.41, 5.74) is 1.63. The van der Waals surface area contributed by atoms with Crippen molar-refractivity contribution >= 4 is 22.9 Å². The number of nitrogens with zero attached hydrogens (tertiary/aromatic N) is 4. The number of amides is 1. The number of anilines is 1. The van der Waals surface area contributed by atoms with E-state index in [1.54, 1.807) is 0 Å². The van der Waals surface area contributed by atoms with E-state index in [1.807, 2.05) is 12.3 Å². The van der Waals surface area contributed by atoms with E-state index in [1.165, 1.54) is 32.1 Å². The fraction of sp³-hybridized carbons (Fsp3) is 0.682. The minimum Gasteiger partial charge on any atom is -0.351 e. The zero-order valence-electron chi connectivity index (χ0n) is 17.6. The molecule has 2 saturated carbocycles. The molecule has 7 nitrogen and oxygen atoms in total. The van der Waals surface area contributed by atoms with Crippen LogP contribution in [0.1, 0.15) is 68.3 Å². The van der Waals surface area contributed by atoms with Gasteiger partial charge in [-0.3, -0.25) is 4.79 Å². The van der Waals surface area contributed by atoms with Gasteiger partial charge in [-0.15, -0.1) is 0 Å². The Balaban J connectivity index is 1.45. The van der Waals surface area contributed by atoms with Crippen LogP contribution >= 0.6 is 0 Å². The van der Waals surface area contributed by atoms with E-state index in [-0.39, 0.29) is 11.4 Å². The summed E-state index contributed by atoms with van der Waals surface area (Å²) in [5, 5.41) is 7.66. The number of aromatic nitrogens is 3. The molecule has 2 N–H and O–H groups in total. The van der Waals surface area contributed by atoms with Crippen molar-refractivity contribution in [2.24, 2.45) is 0 Å². The van der Waals surface area contributed by atoms with Gasteiger partial charge in [-0.05, 0) is 58.7 Å². The number of carbonyl (C=O) groups is 1. The van der Waals surface area contributed by atoms with Crippen molar-refractivity contribution in [1.29, 1.82) is 0 Å². The number of fused-ring (bicyclic) bond motifs is 4. The second kappa shape index (κ2) is 7.27.